The number of nitriles is 2. The molecular formula is C28H23N5O4. The van der Waals surface area contributed by atoms with Crippen molar-refractivity contribution in [3.05, 3.63) is 95.1 Å². The van der Waals surface area contributed by atoms with E-state index in [4.69, 9.17) is 20.3 Å². The van der Waals surface area contributed by atoms with Gasteiger partial charge in [-0.05, 0) is 53.6 Å². The quantitative estimate of drug-likeness (QED) is 0.445. The number of methoxy groups -OCH3 is 1. The largest absolute Gasteiger partial charge is 0.493 e. The van der Waals surface area contributed by atoms with Gasteiger partial charge in [-0.1, -0.05) is 36.4 Å². The number of hydrazone groups is 1. The van der Waals surface area contributed by atoms with Crippen molar-refractivity contribution in [1.29, 1.82) is 10.5 Å². The van der Waals surface area contributed by atoms with Crippen molar-refractivity contribution in [3.63, 3.8) is 0 Å². The van der Waals surface area contributed by atoms with Crippen molar-refractivity contribution in [2.75, 3.05) is 12.1 Å². The standard InChI is InChI=1S/C28H23N5O4/c1-36-25-14-19(9-12-24(25)37-17-18-7-10-20(11-8-18)28(34)35)13-21(15-29)26-23(16-30)27(31)33(32-26)22-5-3-2-4-6-22/h2-14,23,27H,17,31H2,1H3,(H,34,35)/b21-13+/t23-,27+/m0/s1. The first-order valence-corrected chi connectivity index (χ1v) is 11.3. The molecule has 1 heterocycles. The second-order valence-electron chi connectivity index (χ2n) is 8.13. The van der Waals surface area contributed by atoms with Crippen LogP contribution in [0.5, 0.6) is 11.5 Å². The van der Waals surface area contributed by atoms with Crippen LogP contribution in [0.3, 0.4) is 0 Å². The highest BCUT2D eigenvalue weighted by Gasteiger charge is 2.37. The molecule has 9 heteroatoms. The molecule has 0 spiro atoms. The number of ether oxygens (including phenoxy) is 2. The fraction of sp³-hybridized carbons (Fsp3) is 0.143. The lowest BCUT2D eigenvalue weighted by Gasteiger charge is -2.21. The predicted octanol–water partition coefficient (Wildman–Crippen LogP) is 4.18. The Balaban J connectivity index is 1.57. The molecule has 0 radical (unpaired) electrons. The maximum atomic E-state index is 11.0. The van der Waals surface area contributed by atoms with Crippen molar-refractivity contribution in [1.82, 2.24) is 0 Å². The molecule has 0 fully saturated rings. The van der Waals surface area contributed by atoms with E-state index in [0.29, 0.717) is 22.8 Å². The van der Waals surface area contributed by atoms with Gasteiger partial charge in [0.2, 0.25) is 0 Å². The Hall–Kier alpha value is -5.12. The predicted molar refractivity (Wildman–Crippen MR) is 138 cm³/mol. The number of nitrogens with two attached hydrogens (primary N) is 1. The maximum Gasteiger partial charge on any atom is 0.335 e. The third kappa shape index (κ3) is 5.43. The molecule has 3 aromatic rings. The average molecular weight is 494 g/mol. The van der Waals surface area contributed by atoms with E-state index in [0.717, 1.165) is 11.3 Å². The summed E-state index contributed by atoms with van der Waals surface area (Å²) in [5.74, 6) is -0.857. The zero-order valence-electron chi connectivity index (χ0n) is 19.9. The minimum atomic E-state index is -0.992. The number of carboxylic acids is 1. The fourth-order valence-electron chi connectivity index (χ4n) is 3.85. The van der Waals surface area contributed by atoms with E-state index in [1.165, 1.54) is 19.2 Å². The lowest BCUT2D eigenvalue weighted by Crippen LogP contribution is -2.40. The van der Waals surface area contributed by atoms with E-state index < -0.39 is 18.1 Å². The van der Waals surface area contributed by atoms with Crippen molar-refractivity contribution in [3.8, 4) is 23.6 Å². The van der Waals surface area contributed by atoms with Crippen LogP contribution in [0.15, 0.2) is 83.5 Å². The minimum absolute atomic E-state index is 0.198. The van der Waals surface area contributed by atoms with Gasteiger partial charge < -0.3 is 20.3 Å². The number of hydrogen-bond donors (Lipinski definition) is 2. The number of carbonyl (C=O) groups is 1. The van der Waals surface area contributed by atoms with Gasteiger partial charge in [0.15, 0.2) is 11.5 Å². The highest BCUT2D eigenvalue weighted by molar-refractivity contribution is 6.11. The molecule has 0 saturated carbocycles. The first kappa shape index (κ1) is 25.0. The summed E-state index contributed by atoms with van der Waals surface area (Å²) in [6.07, 6.45) is 0.899. The van der Waals surface area contributed by atoms with Gasteiger partial charge in [0.05, 0.1) is 35.7 Å². The topological polar surface area (TPSA) is 145 Å². The highest BCUT2D eigenvalue weighted by atomic mass is 16.5. The van der Waals surface area contributed by atoms with E-state index in [1.54, 1.807) is 41.4 Å². The van der Waals surface area contributed by atoms with Crippen LogP contribution in [0.25, 0.3) is 6.08 Å². The summed E-state index contributed by atoms with van der Waals surface area (Å²) in [6, 6.07) is 25.1. The summed E-state index contributed by atoms with van der Waals surface area (Å²) >= 11 is 0. The third-order valence-corrected chi connectivity index (χ3v) is 5.78. The first-order valence-electron chi connectivity index (χ1n) is 11.3. The van der Waals surface area contributed by atoms with Gasteiger partial charge >= 0.3 is 5.97 Å². The van der Waals surface area contributed by atoms with Gasteiger partial charge in [-0.25, -0.2) is 9.80 Å². The Morgan fingerprint density at radius 1 is 1.11 bits per heavy atom. The summed E-state index contributed by atoms with van der Waals surface area (Å²) in [5, 5.41) is 34.7. The summed E-state index contributed by atoms with van der Waals surface area (Å²) in [5.41, 5.74) is 9.18. The lowest BCUT2D eigenvalue weighted by atomic mass is 9.95. The third-order valence-electron chi connectivity index (χ3n) is 5.78. The summed E-state index contributed by atoms with van der Waals surface area (Å²) in [6.45, 7) is 0.211. The Labute approximate surface area is 213 Å². The molecule has 1 aliphatic heterocycles. The molecule has 3 aromatic carbocycles. The van der Waals surface area contributed by atoms with Crippen LogP contribution >= 0.6 is 0 Å². The smallest absolute Gasteiger partial charge is 0.335 e. The zero-order valence-corrected chi connectivity index (χ0v) is 19.9. The molecule has 184 valence electrons. The number of para-hydroxylation sites is 1. The Bertz CT molecular complexity index is 1440. The van der Waals surface area contributed by atoms with Crippen molar-refractivity contribution in [2.45, 2.75) is 12.8 Å². The molecule has 0 amide bonds. The molecule has 0 bridgehead atoms. The zero-order chi connectivity index (χ0) is 26.4. The van der Waals surface area contributed by atoms with Crippen molar-refractivity contribution >= 4 is 23.4 Å². The molecule has 0 unspecified atom stereocenters. The van der Waals surface area contributed by atoms with E-state index >= 15 is 0 Å². The summed E-state index contributed by atoms with van der Waals surface area (Å²) in [4.78, 5) is 11.0. The number of benzene rings is 3. The molecule has 2 atom stereocenters. The monoisotopic (exact) mass is 493 g/mol. The number of anilines is 1. The van der Waals surface area contributed by atoms with Crippen LogP contribution in [-0.4, -0.2) is 30.1 Å². The van der Waals surface area contributed by atoms with Gasteiger partial charge in [-0.3, -0.25) is 0 Å². The van der Waals surface area contributed by atoms with Crippen molar-refractivity contribution in [2.24, 2.45) is 16.8 Å². The van der Waals surface area contributed by atoms with Gasteiger partial charge in [-0.2, -0.15) is 15.6 Å². The first-order chi connectivity index (χ1) is 17.9. The molecule has 3 N–H and O–H groups in total. The number of aromatic carboxylic acids is 1. The average Bonchev–Trinajstić information content (AvgIpc) is 3.27. The van der Waals surface area contributed by atoms with Crippen LogP contribution < -0.4 is 20.2 Å². The normalized spacial score (nSPS) is 16.9. The van der Waals surface area contributed by atoms with Gasteiger partial charge in [-0.15, -0.1) is 0 Å². The van der Waals surface area contributed by atoms with Crippen LogP contribution in [-0.2, 0) is 6.61 Å². The van der Waals surface area contributed by atoms with Crippen LogP contribution in [0.2, 0.25) is 0 Å². The molecule has 0 aromatic heterocycles. The van der Waals surface area contributed by atoms with Gasteiger partial charge in [0.1, 0.15) is 24.8 Å². The summed E-state index contributed by atoms with van der Waals surface area (Å²) in [7, 11) is 1.51. The number of allylic oxidation sites excluding steroid dienone is 1. The second kappa shape index (κ2) is 11.1. The SMILES string of the molecule is COc1cc(/C=C(\C#N)C2=NN(c3ccccc3)[C@@H](N)[C@H]2C#N)ccc1OCc1ccc(C(=O)O)cc1. The molecule has 0 aliphatic carbocycles. The van der Waals surface area contributed by atoms with E-state index in [2.05, 4.69) is 17.2 Å². The van der Waals surface area contributed by atoms with Crippen LogP contribution in [0.4, 0.5) is 5.69 Å². The number of rotatable bonds is 8. The molecule has 37 heavy (non-hydrogen) atoms. The molecule has 1 aliphatic rings. The number of carboxylic acid groups (broad SMARTS) is 1. The summed E-state index contributed by atoms with van der Waals surface area (Å²) < 4.78 is 11.3. The Kier molecular flexibility index (Phi) is 7.48. The number of nitrogens with zero attached hydrogens (tertiary/aromatic N) is 4. The minimum Gasteiger partial charge on any atom is -0.493 e. The highest BCUT2D eigenvalue weighted by Crippen LogP contribution is 2.32. The Morgan fingerprint density at radius 3 is 2.46 bits per heavy atom. The molecule has 9 nitrogen and oxygen atoms in total. The fourth-order valence-corrected chi connectivity index (χ4v) is 3.85. The van der Waals surface area contributed by atoms with Crippen LogP contribution in [0.1, 0.15) is 21.5 Å². The van der Waals surface area contributed by atoms with Gasteiger partial charge in [0.25, 0.3) is 0 Å². The second-order valence-corrected chi connectivity index (χ2v) is 8.13. The van der Waals surface area contributed by atoms with E-state index in [9.17, 15) is 15.3 Å². The van der Waals surface area contributed by atoms with Crippen molar-refractivity contribution < 1.29 is 19.4 Å². The Morgan fingerprint density at radius 2 is 1.84 bits per heavy atom. The van der Waals surface area contributed by atoms with Gasteiger partial charge in [0, 0.05) is 0 Å². The molecule has 4 rings (SSSR count). The number of hydrogen-bond acceptors (Lipinski definition) is 8. The van der Waals surface area contributed by atoms with Crippen LogP contribution in [0, 0.1) is 28.6 Å². The van der Waals surface area contributed by atoms with E-state index in [1.807, 2.05) is 30.3 Å². The maximum absolute atomic E-state index is 11.0. The molecular weight excluding hydrogens is 470 g/mol. The molecule has 0 saturated heterocycles. The van der Waals surface area contributed by atoms with E-state index in [-0.39, 0.29) is 17.7 Å². The lowest BCUT2D eigenvalue weighted by molar-refractivity contribution is 0.0697.